The molecule has 0 bridgehead atoms. The van der Waals surface area contributed by atoms with Gasteiger partial charge in [-0.05, 0) is 49.8 Å². The second-order valence-electron chi connectivity index (χ2n) is 6.16. The number of hydrogen-bond acceptors (Lipinski definition) is 2. The molecule has 2 rings (SSSR count). The van der Waals surface area contributed by atoms with Crippen LogP contribution in [0.15, 0.2) is 24.3 Å². The molecule has 0 radical (unpaired) electrons. The Morgan fingerprint density at radius 1 is 0.917 bits per heavy atom. The summed E-state index contributed by atoms with van der Waals surface area (Å²) >= 11 is 0. The van der Waals surface area contributed by atoms with Gasteiger partial charge in [0.25, 0.3) is 0 Å². The zero-order valence-corrected chi connectivity index (χ0v) is 13.7. The van der Waals surface area contributed by atoms with Crippen LogP contribution in [0.2, 0.25) is 0 Å². The van der Waals surface area contributed by atoms with E-state index in [1.54, 1.807) is 0 Å². The van der Waals surface area contributed by atoms with Gasteiger partial charge in [-0.1, -0.05) is 12.1 Å². The molecule has 2 nitrogen and oxygen atoms in total. The van der Waals surface area contributed by atoms with Gasteiger partial charge in [0.05, 0.1) is 25.5 Å². The zero-order valence-electron chi connectivity index (χ0n) is 13.7. The van der Waals surface area contributed by atoms with E-state index in [1.165, 1.54) is 12.1 Å². The van der Waals surface area contributed by atoms with Crippen molar-refractivity contribution in [3.05, 3.63) is 35.4 Å². The average molecular weight is 348 g/mol. The first kappa shape index (κ1) is 19.2. The van der Waals surface area contributed by atoms with Crippen LogP contribution in [0.1, 0.15) is 49.7 Å². The molecule has 1 aliphatic heterocycles. The van der Waals surface area contributed by atoms with E-state index >= 15 is 0 Å². The van der Waals surface area contributed by atoms with E-state index in [1.807, 2.05) is 0 Å². The van der Waals surface area contributed by atoms with Crippen molar-refractivity contribution in [2.45, 2.75) is 56.9 Å². The number of alkyl halides is 4. The van der Waals surface area contributed by atoms with Crippen LogP contribution in [-0.2, 0) is 22.1 Å². The quantitative estimate of drug-likeness (QED) is 0.469. The maximum Gasteiger partial charge on any atom is 0.416 e. The SMILES string of the molecule is FCCCC1(CCCCc2ccc(C(F)(F)F)cc2)OCCCO1. The van der Waals surface area contributed by atoms with Crippen LogP contribution in [-0.4, -0.2) is 25.7 Å². The number of rotatable bonds is 8. The van der Waals surface area contributed by atoms with Gasteiger partial charge in [-0.25, -0.2) is 0 Å². The zero-order chi connectivity index (χ0) is 17.5. The average Bonchev–Trinajstić information content (AvgIpc) is 2.58. The van der Waals surface area contributed by atoms with Gasteiger partial charge < -0.3 is 9.47 Å². The first-order valence-electron chi connectivity index (χ1n) is 8.45. The summed E-state index contributed by atoms with van der Waals surface area (Å²) in [4.78, 5) is 0. The third-order valence-corrected chi connectivity index (χ3v) is 4.26. The molecule has 0 N–H and O–H groups in total. The van der Waals surface area contributed by atoms with E-state index in [-0.39, 0.29) is 6.67 Å². The largest absolute Gasteiger partial charge is 0.416 e. The monoisotopic (exact) mass is 348 g/mol. The molecule has 0 unspecified atom stereocenters. The number of hydrogen-bond donors (Lipinski definition) is 0. The third kappa shape index (κ3) is 5.74. The molecule has 136 valence electrons. The fourth-order valence-electron chi connectivity index (χ4n) is 2.95. The Morgan fingerprint density at radius 2 is 1.54 bits per heavy atom. The van der Waals surface area contributed by atoms with E-state index in [4.69, 9.17) is 9.47 Å². The maximum absolute atomic E-state index is 12.5. The molecule has 0 spiro atoms. The molecule has 0 saturated carbocycles. The summed E-state index contributed by atoms with van der Waals surface area (Å²) in [6, 6.07) is 5.28. The summed E-state index contributed by atoms with van der Waals surface area (Å²) in [5.74, 6) is -0.676. The summed E-state index contributed by atoms with van der Waals surface area (Å²) < 4.78 is 61.5. The highest BCUT2D eigenvalue weighted by Gasteiger charge is 2.33. The third-order valence-electron chi connectivity index (χ3n) is 4.26. The fourth-order valence-corrected chi connectivity index (χ4v) is 2.95. The number of ether oxygens (including phenoxy) is 2. The van der Waals surface area contributed by atoms with Gasteiger partial charge >= 0.3 is 6.18 Å². The molecule has 0 aliphatic carbocycles. The molecule has 1 saturated heterocycles. The van der Waals surface area contributed by atoms with Crippen LogP contribution in [0.4, 0.5) is 17.6 Å². The Bertz CT molecular complexity index is 479. The summed E-state index contributed by atoms with van der Waals surface area (Å²) in [5, 5.41) is 0. The second-order valence-corrected chi connectivity index (χ2v) is 6.16. The minimum atomic E-state index is -4.29. The van der Waals surface area contributed by atoms with Gasteiger partial charge in [0, 0.05) is 12.8 Å². The lowest BCUT2D eigenvalue weighted by Gasteiger charge is -2.37. The van der Waals surface area contributed by atoms with E-state index in [0.717, 1.165) is 37.0 Å². The Labute approximate surface area is 140 Å². The standard InChI is InChI=1S/C18H24F4O2/c19-12-3-11-17(23-13-4-14-24-17)10-2-1-5-15-6-8-16(9-7-15)18(20,21)22/h6-9H,1-5,10-14H2. The summed E-state index contributed by atoms with van der Waals surface area (Å²) in [5.41, 5.74) is 0.256. The van der Waals surface area contributed by atoms with Crippen LogP contribution in [0, 0.1) is 0 Å². The van der Waals surface area contributed by atoms with E-state index in [9.17, 15) is 17.6 Å². The molecule has 0 atom stereocenters. The van der Waals surface area contributed by atoms with Crippen molar-refractivity contribution in [2.75, 3.05) is 19.9 Å². The van der Waals surface area contributed by atoms with Crippen molar-refractivity contribution in [3.63, 3.8) is 0 Å². The van der Waals surface area contributed by atoms with Crippen molar-refractivity contribution in [2.24, 2.45) is 0 Å². The molecular weight excluding hydrogens is 324 g/mol. The number of unbranched alkanes of at least 4 members (excludes halogenated alkanes) is 1. The number of halogens is 4. The van der Waals surface area contributed by atoms with Gasteiger partial charge in [-0.3, -0.25) is 4.39 Å². The van der Waals surface area contributed by atoms with Crippen LogP contribution in [0.25, 0.3) is 0 Å². The van der Waals surface area contributed by atoms with Crippen LogP contribution >= 0.6 is 0 Å². The van der Waals surface area contributed by atoms with E-state index in [2.05, 4.69) is 0 Å². The molecule has 1 heterocycles. The van der Waals surface area contributed by atoms with Crippen LogP contribution in [0.3, 0.4) is 0 Å². The fraction of sp³-hybridized carbons (Fsp3) is 0.667. The normalized spacial score (nSPS) is 17.8. The number of aryl methyl sites for hydroxylation is 1. The minimum absolute atomic E-state index is 0.389. The first-order chi connectivity index (χ1) is 11.5. The van der Waals surface area contributed by atoms with Gasteiger partial charge in [-0.2, -0.15) is 13.2 Å². The second kappa shape index (κ2) is 8.81. The lowest BCUT2D eigenvalue weighted by Crippen LogP contribution is -2.40. The van der Waals surface area contributed by atoms with E-state index in [0.29, 0.717) is 38.9 Å². The van der Waals surface area contributed by atoms with Gasteiger partial charge in [0.1, 0.15) is 0 Å². The topological polar surface area (TPSA) is 18.5 Å². The van der Waals surface area contributed by atoms with Crippen molar-refractivity contribution in [1.29, 1.82) is 0 Å². The number of benzene rings is 1. The lowest BCUT2D eigenvalue weighted by atomic mass is 9.99. The summed E-state index contributed by atoms with van der Waals surface area (Å²) in [6.07, 6.45) is 0.566. The molecule has 24 heavy (non-hydrogen) atoms. The molecule has 6 heteroatoms. The van der Waals surface area contributed by atoms with Crippen LogP contribution in [0.5, 0.6) is 0 Å². The van der Waals surface area contributed by atoms with Crippen molar-refractivity contribution >= 4 is 0 Å². The van der Waals surface area contributed by atoms with Gasteiger partial charge in [0.15, 0.2) is 5.79 Å². The maximum atomic E-state index is 12.5. The highest BCUT2D eigenvalue weighted by Crippen LogP contribution is 2.31. The van der Waals surface area contributed by atoms with Crippen LogP contribution < -0.4 is 0 Å². The molecular formula is C18H24F4O2. The predicted molar refractivity (Wildman–Crippen MR) is 83.5 cm³/mol. The van der Waals surface area contributed by atoms with E-state index < -0.39 is 17.5 Å². The van der Waals surface area contributed by atoms with Gasteiger partial charge in [-0.15, -0.1) is 0 Å². The molecule has 0 amide bonds. The Morgan fingerprint density at radius 3 is 2.12 bits per heavy atom. The molecule has 1 aliphatic rings. The molecule has 1 fully saturated rings. The Kier molecular flexibility index (Phi) is 7.04. The molecule has 1 aromatic carbocycles. The summed E-state index contributed by atoms with van der Waals surface area (Å²) in [6.45, 7) is 0.871. The minimum Gasteiger partial charge on any atom is -0.350 e. The van der Waals surface area contributed by atoms with Crippen molar-refractivity contribution < 1.29 is 27.0 Å². The summed E-state index contributed by atoms with van der Waals surface area (Å²) in [7, 11) is 0. The first-order valence-corrected chi connectivity index (χ1v) is 8.45. The van der Waals surface area contributed by atoms with Crippen molar-refractivity contribution in [1.82, 2.24) is 0 Å². The highest BCUT2D eigenvalue weighted by molar-refractivity contribution is 5.24. The van der Waals surface area contributed by atoms with Gasteiger partial charge in [0.2, 0.25) is 0 Å². The molecule has 0 aromatic heterocycles. The lowest BCUT2D eigenvalue weighted by molar-refractivity contribution is -0.274. The highest BCUT2D eigenvalue weighted by atomic mass is 19.4. The Hall–Kier alpha value is -1.14. The van der Waals surface area contributed by atoms with Crippen molar-refractivity contribution in [3.8, 4) is 0 Å². The smallest absolute Gasteiger partial charge is 0.350 e. The molecule has 1 aromatic rings. The predicted octanol–water partition coefficient (Wildman–Crippen LogP) is 5.30. The Balaban J connectivity index is 1.78.